The molecule has 140 valence electrons. The second kappa shape index (κ2) is 7.58. The Morgan fingerprint density at radius 2 is 1.89 bits per heavy atom. The highest BCUT2D eigenvalue weighted by Crippen LogP contribution is 2.16. The maximum Gasteiger partial charge on any atom is 0.273 e. The van der Waals surface area contributed by atoms with Gasteiger partial charge in [0.1, 0.15) is 17.9 Å². The molecule has 0 saturated heterocycles. The van der Waals surface area contributed by atoms with Gasteiger partial charge in [0.25, 0.3) is 11.5 Å². The van der Waals surface area contributed by atoms with Gasteiger partial charge >= 0.3 is 0 Å². The number of aromatic amines is 1. The predicted octanol–water partition coefficient (Wildman–Crippen LogP) is 3.51. The summed E-state index contributed by atoms with van der Waals surface area (Å²) in [7, 11) is 0. The SMILES string of the molecule is O=C(Nc1ccc(Cl)cc1)c1c[nH]n2c(=O)cc(COc3ccccc3)nc12. The Labute approximate surface area is 164 Å². The van der Waals surface area contributed by atoms with Crippen molar-refractivity contribution in [2.24, 2.45) is 0 Å². The zero-order valence-corrected chi connectivity index (χ0v) is 15.3. The summed E-state index contributed by atoms with van der Waals surface area (Å²) in [5, 5.41) is 6.08. The standard InChI is InChI=1S/C20H15ClN4O3/c21-13-6-8-14(9-7-13)24-20(27)17-11-22-25-18(26)10-15(23-19(17)25)12-28-16-4-2-1-3-5-16/h1-11,22H,12H2,(H,24,27). The second-order valence-electron chi connectivity index (χ2n) is 5.99. The van der Waals surface area contributed by atoms with Crippen LogP contribution in [0.1, 0.15) is 16.1 Å². The van der Waals surface area contributed by atoms with Gasteiger partial charge in [-0.3, -0.25) is 14.7 Å². The quantitative estimate of drug-likeness (QED) is 0.542. The summed E-state index contributed by atoms with van der Waals surface area (Å²) in [5.41, 5.74) is 1.15. The number of carbonyl (C=O) groups is 1. The summed E-state index contributed by atoms with van der Waals surface area (Å²) >= 11 is 5.86. The van der Waals surface area contributed by atoms with E-state index in [0.29, 0.717) is 22.2 Å². The first-order valence-corrected chi connectivity index (χ1v) is 8.83. The number of anilines is 1. The molecule has 2 aromatic heterocycles. The van der Waals surface area contributed by atoms with Crippen molar-refractivity contribution in [1.29, 1.82) is 0 Å². The molecular formula is C20H15ClN4O3. The molecule has 1 amide bonds. The molecule has 0 unspecified atom stereocenters. The van der Waals surface area contributed by atoms with Crippen LogP contribution in [0.15, 0.2) is 71.7 Å². The van der Waals surface area contributed by atoms with Crippen LogP contribution in [-0.4, -0.2) is 20.5 Å². The minimum atomic E-state index is -0.394. The van der Waals surface area contributed by atoms with Crippen molar-refractivity contribution < 1.29 is 9.53 Å². The Bertz CT molecular complexity index is 1180. The molecule has 0 spiro atoms. The average Bonchev–Trinajstić information content (AvgIpc) is 3.14. The lowest BCUT2D eigenvalue weighted by atomic mass is 10.2. The smallest absolute Gasteiger partial charge is 0.273 e. The molecule has 0 bridgehead atoms. The fraction of sp³-hybridized carbons (Fsp3) is 0.0500. The minimum absolute atomic E-state index is 0.110. The highest BCUT2D eigenvalue weighted by Gasteiger charge is 2.16. The molecular weight excluding hydrogens is 380 g/mol. The fourth-order valence-electron chi connectivity index (χ4n) is 2.68. The van der Waals surface area contributed by atoms with Crippen molar-refractivity contribution in [2.75, 3.05) is 5.32 Å². The van der Waals surface area contributed by atoms with Gasteiger partial charge in [-0.05, 0) is 36.4 Å². The Morgan fingerprint density at radius 1 is 1.14 bits per heavy atom. The third kappa shape index (κ3) is 3.74. The molecule has 28 heavy (non-hydrogen) atoms. The van der Waals surface area contributed by atoms with Gasteiger partial charge in [-0.25, -0.2) is 9.50 Å². The maximum absolute atomic E-state index is 12.6. The number of ether oxygens (including phenoxy) is 1. The average molecular weight is 395 g/mol. The summed E-state index contributed by atoms with van der Waals surface area (Å²) in [5.74, 6) is 0.272. The number of nitrogens with one attached hydrogen (secondary N) is 2. The number of benzene rings is 2. The maximum atomic E-state index is 12.6. The van der Waals surface area contributed by atoms with Crippen molar-refractivity contribution in [2.45, 2.75) is 6.61 Å². The topological polar surface area (TPSA) is 88.5 Å². The normalized spacial score (nSPS) is 10.8. The third-order valence-electron chi connectivity index (χ3n) is 4.03. The highest BCUT2D eigenvalue weighted by atomic mass is 35.5. The number of H-pyrrole nitrogens is 1. The van der Waals surface area contributed by atoms with Crippen LogP contribution in [0, 0.1) is 0 Å². The van der Waals surface area contributed by atoms with Gasteiger partial charge < -0.3 is 10.1 Å². The number of fused-ring (bicyclic) bond motifs is 1. The van der Waals surface area contributed by atoms with E-state index in [2.05, 4.69) is 15.4 Å². The van der Waals surface area contributed by atoms with E-state index in [1.165, 1.54) is 16.8 Å². The summed E-state index contributed by atoms with van der Waals surface area (Å²) in [4.78, 5) is 29.4. The number of rotatable bonds is 5. The van der Waals surface area contributed by atoms with Crippen LogP contribution in [-0.2, 0) is 6.61 Å². The van der Waals surface area contributed by atoms with E-state index >= 15 is 0 Å². The summed E-state index contributed by atoms with van der Waals surface area (Å²) in [6.07, 6.45) is 1.44. The Balaban J connectivity index is 1.60. The number of hydrogen-bond donors (Lipinski definition) is 2. The molecule has 0 atom stereocenters. The molecule has 0 saturated carbocycles. The lowest BCUT2D eigenvalue weighted by Gasteiger charge is -2.06. The Hall–Kier alpha value is -3.58. The molecule has 8 heteroatoms. The number of aromatic nitrogens is 3. The monoisotopic (exact) mass is 394 g/mol. The van der Waals surface area contributed by atoms with E-state index in [0.717, 1.165) is 0 Å². The van der Waals surface area contributed by atoms with Crippen LogP contribution < -0.4 is 15.6 Å². The summed E-state index contributed by atoms with van der Waals surface area (Å²) < 4.78 is 6.86. The fourth-order valence-corrected chi connectivity index (χ4v) is 2.80. The molecule has 0 aliphatic rings. The highest BCUT2D eigenvalue weighted by molar-refractivity contribution is 6.30. The van der Waals surface area contributed by atoms with E-state index in [9.17, 15) is 9.59 Å². The van der Waals surface area contributed by atoms with E-state index in [1.807, 2.05) is 30.3 Å². The molecule has 0 radical (unpaired) electrons. The van der Waals surface area contributed by atoms with Crippen molar-refractivity contribution in [3.63, 3.8) is 0 Å². The summed E-state index contributed by atoms with van der Waals surface area (Å²) in [6, 6.07) is 17.3. The van der Waals surface area contributed by atoms with E-state index in [-0.39, 0.29) is 23.4 Å². The van der Waals surface area contributed by atoms with Gasteiger partial charge in [0.05, 0.1) is 5.69 Å². The number of nitrogens with zero attached hydrogens (tertiary/aromatic N) is 2. The molecule has 7 nitrogen and oxygen atoms in total. The number of amides is 1. The summed E-state index contributed by atoms with van der Waals surface area (Å²) in [6.45, 7) is 0.110. The molecule has 2 heterocycles. The molecule has 4 aromatic rings. The van der Waals surface area contributed by atoms with Gasteiger partial charge in [-0.15, -0.1) is 0 Å². The molecule has 0 aliphatic heterocycles. The van der Waals surface area contributed by atoms with Crippen LogP contribution in [0.25, 0.3) is 5.65 Å². The van der Waals surface area contributed by atoms with Crippen molar-refractivity contribution in [3.05, 3.63) is 93.5 Å². The van der Waals surface area contributed by atoms with Crippen molar-refractivity contribution in [1.82, 2.24) is 14.6 Å². The molecule has 0 aliphatic carbocycles. The van der Waals surface area contributed by atoms with Gasteiger partial charge in [0.2, 0.25) is 0 Å². The number of carbonyl (C=O) groups excluding carboxylic acids is 1. The predicted molar refractivity (Wildman–Crippen MR) is 106 cm³/mol. The zero-order chi connectivity index (χ0) is 19.5. The van der Waals surface area contributed by atoms with Gasteiger partial charge in [0.15, 0.2) is 5.65 Å². The van der Waals surface area contributed by atoms with Gasteiger partial charge in [-0.2, -0.15) is 0 Å². The van der Waals surface area contributed by atoms with Crippen LogP contribution in [0.5, 0.6) is 5.75 Å². The van der Waals surface area contributed by atoms with Gasteiger partial charge in [0, 0.05) is 23.0 Å². The van der Waals surface area contributed by atoms with E-state index in [4.69, 9.17) is 16.3 Å². The van der Waals surface area contributed by atoms with Crippen molar-refractivity contribution >= 4 is 28.8 Å². The first-order chi connectivity index (χ1) is 13.6. The molecule has 2 aromatic carbocycles. The number of para-hydroxylation sites is 1. The number of halogens is 1. The Kier molecular flexibility index (Phi) is 4.82. The first kappa shape index (κ1) is 17.8. The third-order valence-corrected chi connectivity index (χ3v) is 4.28. The van der Waals surface area contributed by atoms with Crippen molar-refractivity contribution in [3.8, 4) is 5.75 Å². The first-order valence-electron chi connectivity index (χ1n) is 8.45. The molecule has 0 fully saturated rings. The van der Waals surface area contributed by atoms with Crippen LogP contribution in [0.4, 0.5) is 5.69 Å². The molecule has 4 rings (SSSR count). The Morgan fingerprint density at radius 3 is 2.64 bits per heavy atom. The zero-order valence-electron chi connectivity index (χ0n) is 14.6. The lowest BCUT2D eigenvalue weighted by Crippen LogP contribution is -2.18. The van der Waals surface area contributed by atoms with Crippen LogP contribution in [0.2, 0.25) is 5.02 Å². The second-order valence-corrected chi connectivity index (χ2v) is 6.43. The van der Waals surface area contributed by atoms with Crippen LogP contribution >= 0.6 is 11.6 Å². The lowest BCUT2D eigenvalue weighted by molar-refractivity contribution is 0.102. The number of hydrogen-bond acceptors (Lipinski definition) is 4. The van der Waals surface area contributed by atoms with E-state index < -0.39 is 5.91 Å². The largest absolute Gasteiger partial charge is 0.487 e. The van der Waals surface area contributed by atoms with E-state index in [1.54, 1.807) is 24.3 Å². The van der Waals surface area contributed by atoms with Gasteiger partial charge in [-0.1, -0.05) is 29.8 Å². The van der Waals surface area contributed by atoms with Crippen LogP contribution in [0.3, 0.4) is 0 Å². The molecule has 2 N–H and O–H groups in total. The minimum Gasteiger partial charge on any atom is -0.487 e.